The predicted molar refractivity (Wildman–Crippen MR) is 82.1 cm³/mol. The number of para-hydroxylation sites is 1. The number of aryl methyl sites for hydroxylation is 1. The lowest BCUT2D eigenvalue weighted by atomic mass is 9.97. The zero-order chi connectivity index (χ0) is 13.4. The summed E-state index contributed by atoms with van der Waals surface area (Å²) in [5.74, 6) is 0.752. The number of rotatable bonds is 2. The first-order valence-electron chi connectivity index (χ1n) is 7.02. The van der Waals surface area contributed by atoms with Crippen LogP contribution in [0.15, 0.2) is 18.2 Å². The monoisotopic (exact) mass is 275 g/mol. The lowest BCUT2D eigenvalue weighted by Crippen LogP contribution is -2.31. The number of nitrogens with one attached hydrogen (secondary N) is 1. The third-order valence-electron chi connectivity index (χ3n) is 4.30. The third-order valence-corrected chi connectivity index (χ3v) is 4.62. The number of nitrogens with zero attached hydrogens (tertiary/aromatic N) is 2. The standard InChI is InChI=1S/C15H21N3S/c1-11-4-3-5-13-14(11)16-15(19)18(13)10-12-6-8-17(2)9-7-12/h3-5,12H,6-10H2,1-2H3,(H,16,19). The number of aromatic nitrogens is 2. The SMILES string of the molecule is Cc1cccc2c1[nH]c(=S)n2CC1CCN(C)CC1. The predicted octanol–water partition coefficient (Wildman–Crippen LogP) is 3.35. The van der Waals surface area contributed by atoms with E-state index in [1.807, 2.05) is 0 Å². The van der Waals surface area contributed by atoms with Gasteiger partial charge in [-0.25, -0.2) is 0 Å². The van der Waals surface area contributed by atoms with E-state index >= 15 is 0 Å². The van der Waals surface area contributed by atoms with Crippen molar-refractivity contribution in [2.45, 2.75) is 26.3 Å². The number of aromatic amines is 1. The highest BCUT2D eigenvalue weighted by Gasteiger charge is 2.18. The molecule has 1 N–H and O–H groups in total. The summed E-state index contributed by atoms with van der Waals surface area (Å²) in [5.41, 5.74) is 3.72. The molecule has 2 heterocycles. The molecule has 1 aromatic heterocycles. The van der Waals surface area contributed by atoms with Crippen molar-refractivity contribution in [3.63, 3.8) is 0 Å². The van der Waals surface area contributed by atoms with E-state index in [4.69, 9.17) is 12.2 Å². The fourth-order valence-corrected chi connectivity index (χ4v) is 3.28. The van der Waals surface area contributed by atoms with Crippen molar-refractivity contribution in [2.75, 3.05) is 20.1 Å². The minimum atomic E-state index is 0.752. The topological polar surface area (TPSA) is 24.0 Å². The van der Waals surface area contributed by atoms with Crippen molar-refractivity contribution in [3.8, 4) is 0 Å². The zero-order valence-corrected chi connectivity index (χ0v) is 12.5. The largest absolute Gasteiger partial charge is 0.330 e. The number of piperidine rings is 1. The highest BCUT2D eigenvalue weighted by Crippen LogP contribution is 2.23. The molecule has 1 aliphatic heterocycles. The molecule has 1 aliphatic rings. The smallest absolute Gasteiger partial charge is 0.178 e. The fraction of sp³-hybridized carbons (Fsp3) is 0.533. The van der Waals surface area contributed by atoms with Gasteiger partial charge < -0.3 is 14.5 Å². The minimum absolute atomic E-state index is 0.752. The third kappa shape index (κ3) is 2.47. The van der Waals surface area contributed by atoms with Crippen LogP contribution in [0.3, 0.4) is 0 Å². The molecule has 1 saturated heterocycles. The van der Waals surface area contributed by atoms with Crippen LogP contribution in [0, 0.1) is 17.6 Å². The Balaban J connectivity index is 1.91. The average molecular weight is 275 g/mol. The van der Waals surface area contributed by atoms with Crippen molar-refractivity contribution in [3.05, 3.63) is 28.5 Å². The zero-order valence-electron chi connectivity index (χ0n) is 11.6. The lowest BCUT2D eigenvalue weighted by molar-refractivity contribution is 0.206. The Hall–Kier alpha value is -1.13. The molecule has 2 aromatic rings. The highest BCUT2D eigenvalue weighted by atomic mass is 32.1. The molecule has 0 saturated carbocycles. The fourth-order valence-electron chi connectivity index (χ4n) is 3.01. The molecule has 102 valence electrons. The summed E-state index contributed by atoms with van der Waals surface area (Å²) in [5, 5.41) is 0. The molecule has 0 atom stereocenters. The molecule has 3 nitrogen and oxygen atoms in total. The molecule has 1 fully saturated rings. The van der Waals surface area contributed by atoms with Crippen molar-refractivity contribution in [2.24, 2.45) is 5.92 Å². The van der Waals surface area contributed by atoms with Gasteiger partial charge in [-0.3, -0.25) is 0 Å². The second-order valence-corrected chi connectivity index (χ2v) is 6.14. The van der Waals surface area contributed by atoms with E-state index in [1.165, 1.54) is 42.5 Å². The van der Waals surface area contributed by atoms with Gasteiger partial charge in [-0.05, 0) is 69.7 Å². The van der Waals surface area contributed by atoms with E-state index in [0.717, 1.165) is 17.2 Å². The molecule has 1 aromatic carbocycles. The molecule has 0 unspecified atom stereocenters. The van der Waals surface area contributed by atoms with Crippen molar-refractivity contribution >= 4 is 23.3 Å². The van der Waals surface area contributed by atoms with E-state index in [2.05, 4.69) is 46.6 Å². The summed E-state index contributed by atoms with van der Waals surface area (Å²) >= 11 is 5.50. The number of hydrogen-bond acceptors (Lipinski definition) is 2. The Labute approximate surface area is 119 Å². The van der Waals surface area contributed by atoms with Gasteiger partial charge in [0.15, 0.2) is 4.77 Å². The van der Waals surface area contributed by atoms with Crippen LogP contribution < -0.4 is 0 Å². The van der Waals surface area contributed by atoms with Crippen LogP contribution in [0.1, 0.15) is 18.4 Å². The minimum Gasteiger partial charge on any atom is -0.330 e. The van der Waals surface area contributed by atoms with Crippen molar-refractivity contribution in [1.82, 2.24) is 14.5 Å². The molecular weight excluding hydrogens is 254 g/mol. The summed E-state index contributed by atoms with van der Waals surface area (Å²) in [6.07, 6.45) is 2.55. The van der Waals surface area contributed by atoms with Gasteiger partial charge in [-0.1, -0.05) is 12.1 Å². The van der Waals surface area contributed by atoms with E-state index in [-0.39, 0.29) is 0 Å². The number of benzene rings is 1. The van der Waals surface area contributed by atoms with Crippen LogP contribution in [-0.2, 0) is 6.54 Å². The van der Waals surface area contributed by atoms with Crippen LogP contribution in [0.25, 0.3) is 11.0 Å². The molecule has 3 rings (SSSR count). The second-order valence-electron chi connectivity index (χ2n) is 5.76. The molecule has 4 heteroatoms. The highest BCUT2D eigenvalue weighted by molar-refractivity contribution is 7.71. The number of fused-ring (bicyclic) bond motifs is 1. The van der Waals surface area contributed by atoms with Gasteiger partial charge in [0.05, 0.1) is 11.0 Å². The molecule has 0 radical (unpaired) electrons. The molecule has 19 heavy (non-hydrogen) atoms. The first kappa shape index (κ1) is 12.9. The van der Waals surface area contributed by atoms with Crippen LogP contribution >= 0.6 is 12.2 Å². The summed E-state index contributed by atoms with van der Waals surface area (Å²) in [4.78, 5) is 5.77. The van der Waals surface area contributed by atoms with Gasteiger partial charge in [0, 0.05) is 6.54 Å². The average Bonchev–Trinajstić information content (AvgIpc) is 2.71. The Kier molecular flexibility index (Phi) is 3.46. The first-order valence-corrected chi connectivity index (χ1v) is 7.42. The van der Waals surface area contributed by atoms with Crippen LogP contribution in [0.5, 0.6) is 0 Å². The molecule has 0 bridgehead atoms. The van der Waals surface area contributed by atoms with Crippen LogP contribution in [0.2, 0.25) is 0 Å². The first-order chi connectivity index (χ1) is 9.15. The number of likely N-dealkylation sites (tertiary alicyclic amines) is 1. The maximum atomic E-state index is 5.50. The van der Waals surface area contributed by atoms with E-state index in [0.29, 0.717) is 0 Å². The summed E-state index contributed by atoms with van der Waals surface area (Å²) in [6, 6.07) is 6.42. The van der Waals surface area contributed by atoms with Crippen LogP contribution in [0.4, 0.5) is 0 Å². The molecule has 0 aliphatic carbocycles. The maximum absolute atomic E-state index is 5.50. The molecular formula is C15H21N3S. The second kappa shape index (κ2) is 5.10. The van der Waals surface area contributed by atoms with Gasteiger partial charge in [-0.15, -0.1) is 0 Å². The van der Waals surface area contributed by atoms with Gasteiger partial charge >= 0.3 is 0 Å². The number of hydrogen-bond donors (Lipinski definition) is 1. The van der Waals surface area contributed by atoms with Crippen molar-refractivity contribution in [1.29, 1.82) is 0 Å². The van der Waals surface area contributed by atoms with Crippen LogP contribution in [-0.4, -0.2) is 34.6 Å². The van der Waals surface area contributed by atoms with Crippen molar-refractivity contribution < 1.29 is 0 Å². The van der Waals surface area contributed by atoms with Gasteiger partial charge in [0.25, 0.3) is 0 Å². The Morgan fingerprint density at radius 3 is 2.79 bits per heavy atom. The molecule has 0 amide bonds. The number of H-pyrrole nitrogens is 1. The quantitative estimate of drug-likeness (QED) is 0.850. The molecule has 0 spiro atoms. The Bertz CT molecular complexity index is 632. The Morgan fingerprint density at radius 2 is 2.05 bits per heavy atom. The van der Waals surface area contributed by atoms with Gasteiger partial charge in [0.1, 0.15) is 0 Å². The Morgan fingerprint density at radius 1 is 1.32 bits per heavy atom. The summed E-state index contributed by atoms with van der Waals surface area (Å²) < 4.78 is 3.15. The van der Waals surface area contributed by atoms with E-state index in [9.17, 15) is 0 Å². The van der Waals surface area contributed by atoms with Gasteiger partial charge in [-0.2, -0.15) is 0 Å². The maximum Gasteiger partial charge on any atom is 0.178 e. The lowest BCUT2D eigenvalue weighted by Gasteiger charge is -2.29. The number of imidazole rings is 1. The summed E-state index contributed by atoms with van der Waals surface area (Å²) in [7, 11) is 2.21. The van der Waals surface area contributed by atoms with E-state index < -0.39 is 0 Å². The normalized spacial score (nSPS) is 18.2. The summed E-state index contributed by atoms with van der Waals surface area (Å²) in [6.45, 7) is 5.60. The van der Waals surface area contributed by atoms with Gasteiger partial charge in [0.2, 0.25) is 0 Å². The van der Waals surface area contributed by atoms with E-state index in [1.54, 1.807) is 0 Å².